The zero-order chi connectivity index (χ0) is 20.5. The van der Waals surface area contributed by atoms with Crippen molar-refractivity contribution < 1.29 is 9.90 Å². The molecular weight excluding hydrogens is 358 g/mol. The maximum atomic E-state index is 10.9. The maximum Gasteiger partial charge on any atom is 0.307 e. The quantitative estimate of drug-likeness (QED) is 0.400. The van der Waals surface area contributed by atoms with Gasteiger partial charge in [-0.3, -0.25) is 4.79 Å². The minimum absolute atomic E-state index is 0.0768. The van der Waals surface area contributed by atoms with Gasteiger partial charge in [0.25, 0.3) is 0 Å². The van der Waals surface area contributed by atoms with E-state index in [0.29, 0.717) is 0 Å². The Labute approximate surface area is 174 Å². The number of carbonyl (C=O) groups is 1. The highest BCUT2D eigenvalue weighted by Crippen LogP contribution is 2.22. The molecule has 0 unspecified atom stereocenters. The van der Waals surface area contributed by atoms with Crippen molar-refractivity contribution in [2.45, 2.75) is 58.4 Å². The summed E-state index contributed by atoms with van der Waals surface area (Å²) >= 11 is 0. The molecule has 2 aromatic carbocycles. The summed E-state index contributed by atoms with van der Waals surface area (Å²) in [6.45, 7) is 3.12. The number of aliphatic carboxylic acids is 1. The third-order valence-electron chi connectivity index (χ3n) is 5.39. The standard InChI is InChI=1S/C26H31NO2/c1-2-3-4-5-8-21-12-14-24(15-13-21)25-11-7-17-27(25)18-16-22-9-6-10-23(19-22)20-26(28)29/h6-7,9-15,17,19H,2-5,8,16,18,20H2,1H3,(H,28,29). The summed E-state index contributed by atoms with van der Waals surface area (Å²) in [5, 5.41) is 8.99. The van der Waals surface area contributed by atoms with E-state index in [4.69, 9.17) is 5.11 Å². The fraction of sp³-hybridized carbons (Fsp3) is 0.346. The first kappa shape index (κ1) is 20.9. The van der Waals surface area contributed by atoms with Crippen LogP contribution in [-0.4, -0.2) is 15.6 Å². The predicted molar refractivity (Wildman–Crippen MR) is 119 cm³/mol. The van der Waals surface area contributed by atoms with Crippen LogP contribution in [0.1, 0.15) is 49.3 Å². The van der Waals surface area contributed by atoms with Crippen molar-refractivity contribution in [3.63, 3.8) is 0 Å². The number of hydrogen-bond donors (Lipinski definition) is 1. The minimum Gasteiger partial charge on any atom is -0.481 e. The van der Waals surface area contributed by atoms with Crippen molar-refractivity contribution >= 4 is 5.97 Å². The lowest BCUT2D eigenvalue weighted by atomic mass is 10.0. The van der Waals surface area contributed by atoms with Crippen molar-refractivity contribution in [1.82, 2.24) is 4.57 Å². The van der Waals surface area contributed by atoms with Gasteiger partial charge in [-0.15, -0.1) is 0 Å². The topological polar surface area (TPSA) is 42.2 Å². The first-order chi connectivity index (χ1) is 14.2. The largest absolute Gasteiger partial charge is 0.481 e. The molecule has 0 fully saturated rings. The average molecular weight is 390 g/mol. The van der Waals surface area contributed by atoms with Crippen LogP contribution in [0.5, 0.6) is 0 Å². The molecule has 0 bridgehead atoms. The van der Waals surface area contributed by atoms with Gasteiger partial charge in [-0.05, 0) is 53.6 Å². The van der Waals surface area contributed by atoms with Crippen molar-refractivity contribution in [3.05, 3.63) is 83.6 Å². The first-order valence-corrected chi connectivity index (χ1v) is 10.7. The molecule has 0 radical (unpaired) electrons. The van der Waals surface area contributed by atoms with Gasteiger partial charge in [-0.25, -0.2) is 0 Å². The van der Waals surface area contributed by atoms with E-state index in [9.17, 15) is 4.79 Å². The number of carboxylic acid groups (broad SMARTS) is 1. The molecule has 0 saturated carbocycles. The van der Waals surface area contributed by atoms with Crippen LogP contribution in [0.3, 0.4) is 0 Å². The van der Waals surface area contributed by atoms with Gasteiger partial charge in [0.15, 0.2) is 0 Å². The van der Waals surface area contributed by atoms with E-state index in [1.165, 1.54) is 48.1 Å². The number of aryl methyl sites for hydroxylation is 3. The third-order valence-corrected chi connectivity index (χ3v) is 5.39. The lowest BCUT2D eigenvalue weighted by molar-refractivity contribution is -0.136. The normalized spacial score (nSPS) is 10.9. The van der Waals surface area contributed by atoms with Crippen molar-refractivity contribution in [2.75, 3.05) is 0 Å². The Hall–Kier alpha value is -2.81. The number of benzene rings is 2. The number of aromatic nitrogens is 1. The molecule has 0 atom stereocenters. The first-order valence-electron chi connectivity index (χ1n) is 10.7. The fourth-order valence-electron chi connectivity index (χ4n) is 3.79. The van der Waals surface area contributed by atoms with Gasteiger partial charge in [0.1, 0.15) is 0 Å². The van der Waals surface area contributed by atoms with Gasteiger partial charge < -0.3 is 9.67 Å². The molecular formula is C26H31NO2. The zero-order valence-electron chi connectivity index (χ0n) is 17.3. The van der Waals surface area contributed by atoms with Gasteiger partial charge in [0, 0.05) is 18.4 Å². The van der Waals surface area contributed by atoms with Crippen LogP contribution in [0, 0.1) is 0 Å². The molecule has 0 spiro atoms. The minimum atomic E-state index is -0.788. The molecule has 0 aliphatic rings. The molecule has 3 heteroatoms. The van der Waals surface area contributed by atoms with E-state index >= 15 is 0 Å². The summed E-state index contributed by atoms with van der Waals surface area (Å²) in [6, 6.07) is 21.1. The predicted octanol–water partition coefficient (Wildman–Crippen LogP) is 6.15. The maximum absolute atomic E-state index is 10.9. The van der Waals surface area contributed by atoms with Crippen LogP contribution in [0.4, 0.5) is 0 Å². The molecule has 3 nitrogen and oxygen atoms in total. The number of carboxylic acids is 1. The average Bonchev–Trinajstić information content (AvgIpc) is 3.19. The van der Waals surface area contributed by atoms with E-state index in [1.807, 2.05) is 18.2 Å². The molecule has 0 aliphatic carbocycles. The number of rotatable bonds is 11. The Balaban J connectivity index is 1.61. The lowest BCUT2D eigenvalue weighted by Crippen LogP contribution is -2.04. The Kier molecular flexibility index (Phi) is 7.69. The summed E-state index contributed by atoms with van der Waals surface area (Å²) in [7, 11) is 0. The summed E-state index contributed by atoms with van der Waals surface area (Å²) in [5.41, 5.74) is 5.91. The molecule has 0 amide bonds. The van der Waals surface area contributed by atoms with Crippen LogP contribution in [-0.2, 0) is 30.6 Å². The SMILES string of the molecule is CCCCCCc1ccc(-c2cccn2CCc2cccc(CC(=O)O)c2)cc1. The number of unbranched alkanes of at least 4 members (excludes halogenated alkanes) is 3. The molecule has 3 aromatic rings. The Morgan fingerprint density at radius 3 is 2.41 bits per heavy atom. The van der Waals surface area contributed by atoms with Gasteiger partial charge in [-0.1, -0.05) is 74.7 Å². The Bertz CT molecular complexity index is 908. The second-order valence-electron chi connectivity index (χ2n) is 7.73. The monoisotopic (exact) mass is 389 g/mol. The molecule has 152 valence electrons. The van der Waals surface area contributed by atoms with E-state index < -0.39 is 5.97 Å². The van der Waals surface area contributed by atoms with Crippen LogP contribution in [0.15, 0.2) is 66.9 Å². The summed E-state index contributed by atoms with van der Waals surface area (Å²) < 4.78 is 2.28. The summed E-state index contributed by atoms with van der Waals surface area (Å²) in [5.74, 6) is -0.788. The van der Waals surface area contributed by atoms with Crippen molar-refractivity contribution in [3.8, 4) is 11.3 Å². The highest BCUT2D eigenvalue weighted by atomic mass is 16.4. The third kappa shape index (κ3) is 6.35. The van der Waals surface area contributed by atoms with Crippen molar-refractivity contribution in [2.24, 2.45) is 0 Å². The summed E-state index contributed by atoms with van der Waals surface area (Å²) in [6.07, 6.45) is 9.42. The molecule has 29 heavy (non-hydrogen) atoms. The van der Waals surface area contributed by atoms with Crippen molar-refractivity contribution in [1.29, 1.82) is 0 Å². The van der Waals surface area contributed by atoms with Crippen LogP contribution >= 0.6 is 0 Å². The van der Waals surface area contributed by atoms with Crippen LogP contribution in [0.2, 0.25) is 0 Å². The zero-order valence-corrected chi connectivity index (χ0v) is 17.3. The molecule has 1 heterocycles. The number of nitrogens with zero attached hydrogens (tertiary/aromatic N) is 1. The second-order valence-corrected chi connectivity index (χ2v) is 7.73. The van der Waals surface area contributed by atoms with E-state index in [2.05, 4.69) is 60.2 Å². The lowest BCUT2D eigenvalue weighted by Gasteiger charge is -2.11. The smallest absolute Gasteiger partial charge is 0.307 e. The van der Waals surface area contributed by atoms with Crippen LogP contribution < -0.4 is 0 Å². The molecule has 1 N–H and O–H groups in total. The Morgan fingerprint density at radius 2 is 1.66 bits per heavy atom. The Morgan fingerprint density at radius 1 is 0.862 bits per heavy atom. The molecule has 1 aromatic heterocycles. The highest BCUT2D eigenvalue weighted by molar-refractivity contribution is 5.70. The number of hydrogen-bond acceptors (Lipinski definition) is 1. The van der Waals surface area contributed by atoms with E-state index in [0.717, 1.165) is 24.9 Å². The molecule has 3 rings (SSSR count). The van der Waals surface area contributed by atoms with E-state index in [-0.39, 0.29) is 6.42 Å². The van der Waals surface area contributed by atoms with E-state index in [1.54, 1.807) is 0 Å². The summed E-state index contributed by atoms with van der Waals surface area (Å²) in [4.78, 5) is 10.9. The second kappa shape index (κ2) is 10.7. The van der Waals surface area contributed by atoms with Gasteiger partial charge in [0.2, 0.25) is 0 Å². The van der Waals surface area contributed by atoms with Gasteiger partial charge >= 0.3 is 5.97 Å². The molecule has 0 aliphatic heterocycles. The fourth-order valence-corrected chi connectivity index (χ4v) is 3.79. The molecule has 0 saturated heterocycles. The van der Waals surface area contributed by atoms with Gasteiger partial charge in [0.05, 0.1) is 6.42 Å². The van der Waals surface area contributed by atoms with Gasteiger partial charge in [-0.2, -0.15) is 0 Å². The van der Waals surface area contributed by atoms with Crippen LogP contribution in [0.25, 0.3) is 11.3 Å². The highest BCUT2D eigenvalue weighted by Gasteiger charge is 2.06.